The lowest BCUT2D eigenvalue weighted by Gasteiger charge is -2.15. The molecule has 7 nitrogen and oxygen atoms in total. The van der Waals surface area contributed by atoms with Gasteiger partial charge in [-0.3, -0.25) is 9.59 Å². The minimum atomic E-state index is -0.324. The zero-order valence-corrected chi connectivity index (χ0v) is 24.0. The van der Waals surface area contributed by atoms with Gasteiger partial charge in [0.25, 0.3) is 11.5 Å². The van der Waals surface area contributed by atoms with E-state index in [0.717, 1.165) is 10.9 Å². The minimum Gasteiger partial charge on any atom is -0.482 e. The Bertz CT molecular complexity index is 1540. The highest BCUT2D eigenvalue weighted by Crippen LogP contribution is 2.32. The van der Waals surface area contributed by atoms with Crippen LogP contribution in [-0.4, -0.2) is 28.4 Å². The predicted octanol–water partition coefficient (Wildman–Crippen LogP) is 6.99. The topological polar surface area (TPSA) is 85.6 Å². The summed E-state index contributed by atoms with van der Waals surface area (Å²) in [5, 5.41) is 8.16. The number of benzene rings is 3. The smallest absolute Gasteiger partial charge is 0.282 e. The van der Waals surface area contributed by atoms with Crippen LogP contribution in [0.15, 0.2) is 79.5 Å². The van der Waals surface area contributed by atoms with Crippen LogP contribution in [0.2, 0.25) is 5.02 Å². The highest BCUT2D eigenvalue weighted by atomic mass is 79.9. The number of aromatic nitrogens is 2. The molecule has 1 aromatic heterocycles. The van der Waals surface area contributed by atoms with Crippen LogP contribution in [0.4, 0.5) is 5.69 Å². The van der Waals surface area contributed by atoms with Gasteiger partial charge in [-0.15, -0.1) is 0 Å². The average Bonchev–Trinajstić information content (AvgIpc) is 2.87. The fraction of sp³-hybridized carbons (Fsp3) is 0.185. The van der Waals surface area contributed by atoms with Crippen molar-refractivity contribution in [3.05, 3.63) is 96.4 Å². The van der Waals surface area contributed by atoms with Crippen LogP contribution in [0, 0.1) is 0 Å². The third-order valence-electron chi connectivity index (χ3n) is 5.64. The first-order chi connectivity index (χ1) is 17.8. The van der Waals surface area contributed by atoms with Gasteiger partial charge < -0.3 is 10.1 Å². The largest absolute Gasteiger partial charge is 0.482 e. The Morgan fingerprint density at radius 2 is 1.95 bits per heavy atom. The Hall–Kier alpha value is -3.01. The van der Waals surface area contributed by atoms with Crippen LogP contribution in [0.5, 0.6) is 5.75 Å². The Balaban J connectivity index is 1.69. The number of para-hydroxylation sites is 1. The summed E-state index contributed by atoms with van der Waals surface area (Å²) in [6.45, 7) is 3.78. The summed E-state index contributed by atoms with van der Waals surface area (Å²) in [5.74, 6) is 0.576. The lowest BCUT2D eigenvalue weighted by Crippen LogP contribution is -2.24. The van der Waals surface area contributed by atoms with E-state index in [1.165, 1.54) is 10.9 Å². The maximum Gasteiger partial charge on any atom is 0.282 e. The van der Waals surface area contributed by atoms with Crippen LogP contribution in [0.1, 0.15) is 37.6 Å². The van der Waals surface area contributed by atoms with Crippen molar-refractivity contribution in [1.29, 1.82) is 0 Å². The molecule has 3 aromatic carbocycles. The van der Waals surface area contributed by atoms with Crippen LogP contribution in [-0.2, 0) is 4.79 Å². The van der Waals surface area contributed by atoms with E-state index in [4.69, 9.17) is 21.3 Å². The van der Waals surface area contributed by atoms with Gasteiger partial charge in [0.1, 0.15) is 11.6 Å². The Kier molecular flexibility index (Phi) is 8.79. The summed E-state index contributed by atoms with van der Waals surface area (Å²) in [7, 11) is 0. The number of halogens is 3. The molecule has 0 aliphatic heterocycles. The second-order valence-corrected chi connectivity index (χ2v) is 10.5. The number of nitrogens with zero attached hydrogens (tertiary/aromatic N) is 3. The molecule has 0 aliphatic rings. The molecule has 1 N–H and O–H groups in total. The summed E-state index contributed by atoms with van der Waals surface area (Å²) in [4.78, 5) is 30.6. The van der Waals surface area contributed by atoms with Gasteiger partial charge in [-0.2, -0.15) is 9.78 Å². The van der Waals surface area contributed by atoms with Crippen molar-refractivity contribution in [3.63, 3.8) is 0 Å². The molecule has 0 aliphatic carbocycles. The molecule has 4 aromatic rings. The van der Waals surface area contributed by atoms with Crippen molar-refractivity contribution >= 4 is 72.2 Å². The summed E-state index contributed by atoms with van der Waals surface area (Å²) in [6.07, 6.45) is 2.26. The zero-order valence-electron chi connectivity index (χ0n) is 20.0. The van der Waals surface area contributed by atoms with E-state index in [0.29, 0.717) is 43.2 Å². The number of hydrogen-bond acceptors (Lipinski definition) is 5. The van der Waals surface area contributed by atoms with E-state index in [1.54, 1.807) is 36.4 Å². The molecule has 0 saturated heterocycles. The molecule has 4 rings (SSSR count). The summed E-state index contributed by atoms with van der Waals surface area (Å²) in [5.41, 5.74) is 1.47. The summed E-state index contributed by atoms with van der Waals surface area (Å²) < 4.78 is 8.47. The third-order valence-corrected chi connectivity index (χ3v) is 6.94. The second-order valence-electron chi connectivity index (χ2n) is 8.31. The molecule has 0 spiro atoms. The molecule has 0 bridgehead atoms. The maximum absolute atomic E-state index is 13.4. The van der Waals surface area contributed by atoms with Crippen LogP contribution >= 0.6 is 43.5 Å². The molecule has 0 fully saturated rings. The molecule has 0 radical (unpaired) electrons. The van der Waals surface area contributed by atoms with Gasteiger partial charge in [0.15, 0.2) is 6.61 Å². The first-order valence-electron chi connectivity index (χ1n) is 11.5. The Morgan fingerprint density at radius 1 is 1.19 bits per heavy atom. The Labute approximate surface area is 235 Å². The number of amides is 1. The monoisotopic (exact) mass is 644 g/mol. The summed E-state index contributed by atoms with van der Waals surface area (Å²) in [6, 6.07) is 17.8. The number of anilines is 1. The Morgan fingerprint density at radius 3 is 2.68 bits per heavy atom. The lowest BCUT2D eigenvalue weighted by molar-refractivity contribution is -0.118. The first kappa shape index (κ1) is 27.0. The van der Waals surface area contributed by atoms with Crippen molar-refractivity contribution in [2.45, 2.75) is 26.2 Å². The number of carbonyl (C=O) groups is 1. The van der Waals surface area contributed by atoms with Gasteiger partial charge in [-0.1, -0.05) is 59.6 Å². The number of fused-ring (bicyclic) bond motifs is 1. The van der Waals surface area contributed by atoms with Crippen molar-refractivity contribution in [3.8, 4) is 5.75 Å². The second kappa shape index (κ2) is 12.0. The molecule has 1 heterocycles. The van der Waals surface area contributed by atoms with Gasteiger partial charge in [0.05, 0.1) is 21.6 Å². The quantitative estimate of drug-likeness (QED) is 0.209. The van der Waals surface area contributed by atoms with Gasteiger partial charge in [0.2, 0.25) is 0 Å². The molecule has 190 valence electrons. The van der Waals surface area contributed by atoms with Gasteiger partial charge in [-0.25, -0.2) is 4.98 Å². The molecule has 10 heteroatoms. The first-order valence-corrected chi connectivity index (χ1v) is 13.5. The number of hydrogen-bond donors (Lipinski definition) is 1. The van der Waals surface area contributed by atoms with E-state index in [9.17, 15) is 9.59 Å². The minimum absolute atomic E-state index is 0.0126. The van der Waals surface area contributed by atoms with Gasteiger partial charge >= 0.3 is 0 Å². The molecule has 0 unspecified atom stereocenters. The highest BCUT2D eigenvalue weighted by molar-refractivity contribution is 9.10. The van der Waals surface area contributed by atoms with E-state index < -0.39 is 0 Å². The van der Waals surface area contributed by atoms with Crippen LogP contribution in [0.25, 0.3) is 10.9 Å². The van der Waals surface area contributed by atoms with Crippen LogP contribution < -0.4 is 15.6 Å². The fourth-order valence-electron chi connectivity index (χ4n) is 3.58. The predicted molar refractivity (Wildman–Crippen MR) is 155 cm³/mol. The highest BCUT2D eigenvalue weighted by Gasteiger charge is 2.17. The number of carbonyl (C=O) groups excluding carboxylic acids is 1. The van der Waals surface area contributed by atoms with E-state index in [1.807, 2.05) is 38.1 Å². The molecular formula is C27H23Br2ClN4O3. The van der Waals surface area contributed by atoms with E-state index in [-0.39, 0.29) is 24.0 Å². The fourth-order valence-corrected chi connectivity index (χ4v) is 4.89. The molecule has 37 heavy (non-hydrogen) atoms. The number of nitrogens with one attached hydrogen (secondary N) is 1. The SMILES string of the molecule is CC[C@@H](C)c1nc2ccc(Br)cc2c(=O)n1N=Cc1cc(Cl)cc(Br)c1OCC(=O)Nc1ccccc1. The van der Waals surface area contributed by atoms with Crippen molar-refractivity contribution in [2.75, 3.05) is 11.9 Å². The summed E-state index contributed by atoms with van der Waals surface area (Å²) >= 11 is 13.2. The maximum atomic E-state index is 13.4. The number of rotatable bonds is 8. The van der Waals surface area contributed by atoms with Crippen LogP contribution in [0.3, 0.4) is 0 Å². The third kappa shape index (κ3) is 6.47. The zero-order chi connectivity index (χ0) is 26.5. The molecule has 1 atom stereocenters. The number of ether oxygens (including phenoxy) is 1. The molecule has 1 amide bonds. The van der Waals surface area contributed by atoms with Crippen molar-refractivity contribution in [1.82, 2.24) is 9.66 Å². The van der Waals surface area contributed by atoms with Gasteiger partial charge in [-0.05, 0) is 64.8 Å². The average molecular weight is 647 g/mol. The standard InChI is InChI=1S/C27H23Br2ClN4O3/c1-3-16(2)26-33-23-10-9-18(28)12-21(23)27(36)34(26)31-14-17-11-19(30)13-22(29)25(17)37-15-24(35)32-20-7-5-4-6-8-20/h4-14,16H,3,15H2,1-2H3,(H,32,35)/t16-/m1/s1. The van der Waals surface area contributed by atoms with E-state index in [2.05, 4.69) is 42.3 Å². The molecular weight excluding hydrogens is 624 g/mol. The normalized spacial score (nSPS) is 12.1. The molecule has 0 saturated carbocycles. The lowest BCUT2D eigenvalue weighted by atomic mass is 10.1. The van der Waals surface area contributed by atoms with Gasteiger partial charge in [0, 0.05) is 26.7 Å². The van der Waals surface area contributed by atoms with Crippen molar-refractivity contribution in [2.24, 2.45) is 5.10 Å². The van der Waals surface area contributed by atoms with Crippen molar-refractivity contribution < 1.29 is 9.53 Å². The van der Waals surface area contributed by atoms with E-state index >= 15 is 0 Å².